The summed E-state index contributed by atoms with van der Waals surface area (Å²) in [5, 5.41) is 13.4. The molecule has 0 bridgehead atoms. The van der Waals surface area contributed by atoms with Crippen LogP contribution >= 0.6 is 0 Å². The van der Waals surface area contributed by atoms with Crippen LogP contribution in [0.25, 0.3) is 10.8 Å². The molecule has 3 nitrogen and oxygen atoms in total. The number of aromatic nitrogens is 1. The molecule has 1 aromatic heterocycles. The van der Waals surface area contributed by atoms with Crippen LogP contribution in [0.2, 0.25) is 0 Å². The molecule has 0 amide bonds. The molecule has 0 atom stereocenters. The van der Waals surface area contributed by atoms with Gasteiger partial charge >= 0.3 is 0 Å². The van der Waals surface area contributed by atoms with Crippen molar-refractivity contribution in [1.82, 2.24) is 9.88 Å². The van der Waals surface area contributed by atoms with Crippen molar-refractivity contribution >= 4 is 10.8 Å². The molecule has 0 unspecified atom stereocenters. The first kappa shape index (κ1) is 14.5. The fraction of sp³-hybridized carbons (Fsp3) is 0.500. The monoisotopic (exact) mass is 284 g/mol. The van der Waals surface area contributed by atoms with Gasteiger partial charge in [-0.3, -0.25) is 9.88 Å². The summed E-state index contributed by atoms with van der Waals surface area (Å²) in [6, 6.07) is 10.2. The second-order valence-corrected chi connectivity index (χ2v) is 7.07. The molecular weight excluding hydrogens is 260 g/mol. The summed E-state index contributed by atoms with van der Waals surface area (Å²) in [6.07, 6.45) is 3.29. The summed E-state index contributed by atoms with van der Waals surface area (Å²) < 4.78 is 0. The number of fused-ring (bicyclic) bond motifs is 1. The third kappa shape index (κ3) is 2.68. The zero-order chi connectivity index (χ0) is 15.1. The molecular formula is C18H24N2O. The fourth-order valence-electron chi connectivity index (χ4n) is 3.27. The van der Waals surface area contributed by atoms with Crippen LogP contribution in [0.3, 0.4) is 0 Å². The summed E-state index contributed by atoms with van der Waals surface area (Å²) in [6.45, 7) is 8.50. The standard InChI is InChI=1S/C18H24N2O/c1-17(2,3)20-12-9-18(21,10-13-20)16-15-7-5-4-6-14(15)8-11-19-16/h4-8,11,21H,9-10,12-13H2,1-3H3. The Morgan fingerprint density at radius 3 is 2.43 bits per heavy atom. The molecule has 1 fully saturated rings. The number of piperidine rings is 1. The van der Waals surface area contributed by atoms with Gasteiger partial charge in [0.1, 0.15) is 5.60 Å². The van der Waals surface area contributed by atoms with E-state index < -0.39 is 5.60 Å². The Labute approximate surface area is 126 Å². The topological polar surface area (TPSA) is 36.4 Å². The SMILES string of the molecule is CC(C)(C)N1CCC(O)(c2nccc3ccccc23)CC1. The van der Waals surface area contributed by atoms with E-state index in [1.807, 2.05) is 24.4 Å². The molecule has 1 saturated heterocycles. The van der Waals surface area contributed by atoms with Crippen LogP contribution < -0.4 is 0 Å². The average Bonchev–Trinajstić information content (AvgIpc) is 2.46. The maximum Gasteiger partial charge on any atom is 0.110 e. The lowest BCUT2D eigenvalue weighted by atomic mass is 9.84. The third-order valence-corrected chi connectivity index (χ3v) is 4.65. The van der Waals surface area contributed by atoms with Gasteiger partial charge in [-0.2, -0.15) is 0 Å². The number of benzene rings is 1. The van der Waals surface area contributed by atoms with E-state index in [0.717, 1.165) is 42.4 Å². The van der Waals surface area contributed by atoms with E-state index in [1.165, 1.54) is 0 Å². The Hall–Kier alpha value is -1.45. The molecule has 1 N–H and O–H groups in total. The van der Waals surface area contributed by atoms with Crippen molar-refractivity contribution in [2.24, 2.45) is 0 Å². The number of pyridine rings is 1. The van der Waals surface area contributed by atoms with E-state index in [9.17, 15) is 5.11 Å². The number of likely N-dealkylation sites (tertiary alicyclic amines) is 1. The Balaban J connectivity index is 1.93. The highest BCUT2D eigenvalue weighted by Crippen LogP contribution is 2.37. The van der Waals surface area contributed by atoms with E-state index in [1.54, 1.807) is 0 Å². The quantitative estimate of drug-likeness (QED) is 0.872. The smallest absolute Gasteiger partial charge is 0.110 e. The lowest BCUT2D eigenvalue weighted by Crippen LogP contribution is -2.50. The van der Waals surface area contributed by atoms with Crippen molar-refractivity contribution in [2.45, 2.75) is 44.8 Å². The normalized spacial score (nSPS) is 19.8. The number of aliphatic hydroxyl groups is 1. The minimum atomic E-state index is -0.803. The minimum absolute atomic E-state index is 0.160. The van der Waals surface area contributed by atoms with Crippen LogP contribution in [-0.4, -0.2) is 33.6 Å². The number of hydrogen-bond donors (Lipinski definition) is 1. The molecule has 0 aliphatic carbocycles. The average molecular weight is 284 g/mol. The molecule has 2 aromatic rings. The molecule has 21 heavy (non-hydrogen) atoms. The molecule has 1 aliphatic rings. The third-order valence-electron chi connectivity index (χ3n) is 4.65. The molecule has 1 aromatic carbocycles. The summed E-state index contributed by atoms with van der Waals surface area (Å²) in [5.41, 5.74) is 0.199. The van der Waals surface area contributed by atoms with Gasteiger partial charge in [-0.25, -0.2) is 0 Å². The van der Waals surface area contributed by atoms with Crippen LogP contribution in [-0.2, 0) is 5.60 Å². The lowest BCUT2D eigenvalue weighted by Gasteiger charge is -2.44. The summed E-state index contributed by atoms with van der Waals surface area (Å²) in [4.78, 5) is 6.96. The molecule has 0 spiro atoms. The van der Waals surface area contributed by atoms with Crippen molar-refractivity contribution in [2.75, 3.05) is 13.1 Å². The Morgan fingerprint density at radius 1 is 1.10 bits per heavy atom. The zero-order valence-electron chi connectivity index (χ0n) is 13.1. The van der Waals surface area contributed by atoms with E-state index in [4.69, 9.17) is 0 Å². The molecule has 0 radical (unpaired) electrons. The largest absolute Gasteiger partial charge is 0.383 e. The second-order valence-electron chi connectivity index (χ2n) is 7.07. The zero-order valence-corrected chi connectivity index (χ0v) is 13.1. The predicted octanol–water partition coefficient (Wildman–Crippen LogP) is 3.32. The van der Waals surface area contributed by atoms with Crippen molar-refractivity contribution < 1.29 is 5.11 Å². The maximum atomic E-state index is 11.1. The molecule has 0 saturated carbocycles. The summed E-state index contributed by atoms with van der Waals surface area (Å²) in [5.74, 6) is 0. The van der Waals surface area contributed by atoms with Crippen LogP contribution in [0.4, 0.5) is 0 Å². The van der Waals surface area contributed by atoms with Crippen molar-refractivity contribution in [3.8, 4) is 0 Å². The summed E-state index contributed by atoms with van der Waals surface area (Å²) in [7, 11) is 0. The molecule has 112 valence electrons. The van der Waals surface area contributed by atoms with Crippen LogP contribution in [0.5, 0.6) is 0 Å². The minimum Gasteiger partial charge on any atom is -0.383 e. The highest BCUT2D eigenvalue weighted by Gasteiger charge is 2.38. The van der Waals surface area contributed by atoms with Gasteiger partial charge < -0.3 is 5.11 Å². The Bertz CT molecular complexity index is 632. The van der Waals surface area contributed by atoms with Gasteiger partial charge in [0.15, 0.2) is 0 Å². The second kappa shape index (κ2) is 5.08. The van der Waals surface area contributed by atoms with Crippen molar-refractivity contribution in [3.05, 3.63) is 42.2 Å². The van der Waals surface area contributed by atoms with Gasteiger partial charge in [-0.05, 0) is 45.1 Å². The van der Waals surface area contributed by atoms with Gasteiger partial charge in [0, 0.05) is 30.2 Å². The molecule has 2 heterocycles. The summed E-state index contributed by atoms with van der Waals surface area (Å²) >= 11 is 0. The maximum absolute atomic E-state index is 11.1. The number of nitrogens with zero attached hydrogens (tertiary/aromatic N) is 2. The molecule has 1 aliphatic heterocycles. The first-order valence-corrected chi connectivity index (χ1v) is 7.72. The van der Waals surface area contributed by atoms with Crippen LogP contribution in [0, 0.1) is 0 Å². The first-order valence-electron chi connectivity index (χ1n) is 7.72. The van der Waals surface area contributed by atoms with Crippen molar-refractivity contribution in [1.29, 1.82) is 0 Å². The van der Waals surface area contributed by atoms with E-state index in [-0.39, 0.29) is 5.54 Å². The number of rotatable bonds is 1. The van der Waals surface area contributed by atoms with Crippen LogP contribution in [0.1, 0.15) is 39.3 Å². The van der Waals surface area contributed by atoms with E-state index in [2.05, 4.69) is 42.8 Å². The van der Waals surface area contributed by atoms with E-state index in [0.29, 0.717) is 0 Å². The van der Waals surface area contributed by atoms with E-state index >= 15 is 0 Å². The van der Waals surface area contributed by atoms with Gasteiger partial charge in [0.05, 0.1) is 5.69 Å². The fourth-order valence-corrected chi connectivity index (χ4v) is 3.27. The highest BCUT2D eigenvalue weighted by molar-refractivity contribution is 5.85. The number of hydrogen-bond acceptors (Lipinski definition) is 3. The first-order chi connectivity index (χ1) is 9.90. The van der Waals surface area contributed by atoms with Gasteiger partial charge in [0.25, 0.3) is 0 Å². The van der Waals surface area contributed by atoms with Gasteiger partial charge in [-0.1, -0.05) is 24.3 Å². The van der Waals surface area contributed by atoms with Crippen molar-refractivity contribution in [3.63, 3.8) is 0 Å². The lowest BCUT2D eigenvalue weighted by molar-refractivity contribution is -0.0478. The Morgan fingerprint density at radius 2 is 1.76 bits per heavy atom. The molecule has 3 rings (SSSR count). The van der Waals surface area contributed by atoms with Gasteiger partial charge in [-0.15, -0.1) is 0 Å². The predicted molar refractivity (Wildman–Crippen MR) is 86.2 cm³/mol. The van der Waals surface area contributed by atoms with Crippen LogP contribution in [0.15, 0.2) is 36.5 Å². The Kier molecular flexibility index (Phi) is 3.50. The molecule has 3 heteroatoms. The highest BCUT2D eigenvalue weighted by atomic mass is 16.3. The van der Waals surface area contributed by atoms with Gasteiger partial charge in [0.2, 0.25) is 0 Å².